The number of carbonyl (C=O) groups excluding carboxylic acids is 2. The zero-order valence-corrected chi connectivity index (χ0v) is 13.6. The molecule has 1 rings (SSSR count). The van der Waals surface area contributed by atoms with Crippen LogP contribution >= 0.6 is 11.6 Å². The van der Waals surface area contributed by atoms with Crippen LogP contribution in [0.4, 0.5) is 4.79 Å². The van der Waals surface area contributed by atoms with Gasteiger partial charge in [0.1, 0.15) is 11.5 Å². The summed E-state index contributed by atoms with van der Waals surface area (Å²) in [6, 6.07) is 0.0250. The van der Waals surface area contributed by atoms with Gasteiger partial charge < -0.3 is 14.5 Å². The average molecular weight is 305 g/mol. The first-order valence-corrected chi connectivity index (χ1v) is 7.65. The van der Waals surface area contributed by atoms with E-state index in [0.29, 0.717) is 19.6 Å². The molecule has 1 heterocycles. The third-order valence-electron chi connectivity index (χ3n) is 3.29. The molecular weight excluding hydrogens is 280 g/mol. The second-order valence-electron chi connectivity index (χ2n) is 6.04. The van der Waals surface area contributed by atoms with Crippen molar-refractivity contribution in [1.29, 1.82) is 0 Å². The number of likely N-dealkylation sites (N-methyl/N-ethyl adjacent to an activating group) is 1. The number of amides is 2. The zero-order valence-electron chi connectivity index (χ0n) is 12.8. The Morgan fingerprint density at radius 3 is 2.55 bits per heavy atom. The molecule has 1 unspecified atom stereocenters. The molecule has 0 aromatic carbocycles. The number of carbonyl (C=O) groups is 2. The van der Waals surface area contributed by atoms with E-state index in [1.54, 1.807) is 9.80 Å². The van der Waals surface area contributed by atoms with Crippen molar-refractivity contribution < 1.29 is 14.3 Å². The summed E-state index contributed by atoms with van der Waals surface area (Å²) in [6.45, 7) is 9.29. The van der Waals surface area contributed by atoms with E-state index in [2.05, 4.69) is 0 Å². The fourth-order valence-corrected chi connectivity index (χ4v) is 2.50. The van der Waals surface area contributed by atoms with Crippen LogP contribution in [0, 0.1) is 0 Å². The van der Waals surface area contributed by atoms with Crippen molar-refractivity contribution in [2.75, 3.05) is 25.5 Å². The van der Waals surface area contributed by atoms with Crippen molar-refractivity contribution in [2.24, 2.45) is 0 Å². The Morgan fingerprint density at radius 1 is 1.40 bits per heavy atom. The summed E-state index contributed by atoms with van der Waals surface area (Å²) in [5.41, 5.74) is -0.499. The number of ether oxygens (including phenoxy) is 1. The standard InChI is InChI=1S/C14H25ClN2O3/c1-5-16(12(18)9-15)10-11-7-6-8-17(11)13(19)20-14(2,3)4/h11H,5-10H2,1-4H3. The van der Waals surface area contributed by atoms with Crippen LogP contribution in [0.1, 0.15) is 40.5 Å². The van der Waals surface area contributed by atoms with E-state index >= 15 is 0 Å². The summed E-state index contributed by atoms with van der Waals surface area (Å²) in [5, 5.41) is 0. The predicted octanol–water partition coefficient (Wildman–Crippen LogP) is 2.47. The number of likely N-dealkylation sites (tertiary alicyclic amines) is 1. The Labute approximate surface area is 126 Å². The average Bonchev–Trinajstić information content (AvgIpc) is 2.81. The molecule has 6 heteroatoms. The molecule has 0 radical (unpaired) electrons. The molecule has 0 aromatic heterocycles. The van der Waals surface area contributed by atoms with Gasteiger partial charge in [0.15, 0.2) is 0 Å². The van der Waals surface area contributed by atoms with E-state index in [1.807, 2.05) is 27.7 Å². The number of rotatable bonds is 4. The van der Waals surface area contributed by atoms with Crippen molar-refractivity contribution in [3.8, 4) is 0 Å². The smallest absolute Gasteiger partial charge is 0.410 e. The molecule has 0 aromatic rings. The highest BCUT2D eigenvalue weighted by atomic mass is 35.5. The van der Waals surface area contributed by atoms with E-state index in [-0.39, 0.29) is 23.9 Å². The summed E-state index contributed by atoms with van der Waals surface area (Å²) in [5.74, 6) is -0.113. The normalized spacial score (nSPS) is 19.1. The monoisotopic (exact) mass is 304 g/mol. The van der Waals surface area contributed by atoms with Crippen molar-refractivity contribution in [3.63, 3.8) is 0 Å². The Hall–Kier alpha value is -0.970. The molecule has 5 nitrogen and oxygen atoms in total. The fourth-order valence-electron chi connectivity index (χ4n) is 2.33. The van der Waals surface area contributed by atoms with Crippen LogP contribution in [0.15, 0.2) is 0 Å². The van der Waals surface area contributed by atoms with Crippen molar-refractivity contribution >= 4 is 23.6 Å². The Morgan fingerprint density at radius 2 is 2.05 bits per heavy atom. The van der Waals surface area contributed by atoms with E-state index < -0.39 is 5.60 Å². The summed E-state index contributed by atoms with van der Waals surface area (Å²) in [7, 11) is 0. The summed E-state index contributed by atoms with van der Waals surface area (Å²) in [4.78, 5) is 27.3. The number of nitrogens with zero attached hydrogens (tertiary/aromatic N) is 2. The van der Waals surface area contributed by atoms with E-state index in [9.17, 15) is 9.59 Å². The first-order valence-electron chi connectivity index (χ1n) is 7.12. The minimum Gasteiger partial charge on any atom is -0.444 e. The first kappa shape index (κ1) is 17.1. The van der Waals surface area contributed by atoms with Gasteiger partial charge in [-0.25, -0.2) is 4.79 Å². The minimum absolute atomic E-state index is 0.0208. The lowest BCUT2D eigenvalue weighted by molar-refractivity contribution is -0.129. The van der Waals surface area contributed by atoms with Crippen LogP contribution in [0.5, 0.6) is 0 Å². The molecule has 0 aliphatic carbocycles. The van der Waals surface area contributed by atoms with Gasteiger partial charge in [-0.1, -0.05) is 0 Å². The third-order valence-corrected chi connectivity index (χ3v) is 3.51. The molecular formula is C14H25ClN2O3. The van der Waals surface area contributed by atoms with Gasteiger partial charge in [0.2, 0.25) is 5.91 Å². The largest absolute Gasteiger partial charge is 0.444 e. The molecule has 1 saturated heterocycles. The SMILES string of the molecule is CCN(CC1CCCN1C(=O)OC(C)(C)C)C(=O)CCl. The maximum absolute atomic E-state index is 12.2. The topological polar surface area (TPSA) is 49.9 Å². The zero-order chi connectivity index (χ0) is 15.3. The fraction of sp³-hybridized carbons (Fsp3) is 0.857. The van der Waals surface area contributed by atoms with Crippen LogP contribution in [-0.2, 0) is 9.53 Å². The lowest BCUT2D eigenvalue weighted by Crippen LogP contribution is -2.47. The molecule has 1 aliphatic heterocycles. The van der Waals surface area contributed by atoms with E-state index in [1.165, 1.54) is 0 Å². The predicted molar refractivity (Wildman–Crippen MR) is 78.9 cm³/mol. The summed E-state index contributed by atoms with van der Waals surface area (Å²) < 4.78 is 5.41. The first-order chi connectivity index (χ1) is 9.28. The van der Waals surface area contributed by atoms with E-state index in [4.69, 9.17) is 16.3 Å². The molecule has 1 atom stereocenters. The lowest BCUT2D eigenvalue weighted by atomic mass is 10.2. The Kier molecular flexibility index (Phi) is 6.11. The van der Waals surface area contributed by atoms with Gasteiger partial charge in [0.25, 0.3) is 0 Å². The molecule has 1 fully saturated rings. The molecule has 20 heavy (non-hydrogen) atoms. The number of hydrogen-bond donors (Lipinski definition) is 0. The molecule has 1 aliphatic rings. The lowest BCUT2D eigenvalue weighted by Gasteiger charge is -2.31. The molecule has 116 valence electrons. The minimum atomic E-state index is -0.499. The van der Waals surface area contributed by atoms with Gasteiger partial charge >= 0.3 is 6.09 Å². The van der Waals surface area contributed by atoms with Gasteiger partial charge in [-0.05, 0) is 40.5 Å². The number of alkyl halides is 1. The van der Waals surface area contributed by atoms with Gasteiger partial charge in [-0.15, -0.1) is 11.6 Å². The summed E-state index contributed by atoms with van der Waals surface area (Å²) >= 11 is 5.60. The summed E-state index contributed by atoms with van der Waals surface area (Å²) in [6.07, 6.45) is 1.54. The van der Waals surface area contributed by atoms with Gasteiger partial charge in [-0.2, -0.15) is 0 Å². The van der Waals surface area contributed by atoms with Crippen LogP contribution in [0.3, 0.4) is 0 Å². The number of halogens is 1. The van der Waals surface area contributed by atoms with Crippen LogP contribution < -0.4 is 0 Å². The van der Waals surface area contributed by atoms with Crippen LogP contribution in [0.25, 0.3) is 0 Å². The highest BCUT2D eigenvalue weighted by Crippen LogP contribution is 2.21. The van der Waals surface area contributed by atoms with Crippen LogP contribution in [0.2, 0.25) is 0 Å². The highest BCUT2D eigenvalue weighted by Gasteiger charge is 2.33. The van der Waals surface area contributed by atoms with Crippen molar-refractivity contribution in [2.45, 2.75) is 52.2 Å². The van der Waals surface area contributed by atoms with Gasteiger partial charge in [0.05, 0.1) is 6.04 Å². The maximum atomic E-state index is 12.2. The quantitative estimate of drug-likeness (QED) is 0.750. The van der Waals surface area contributed by atoms with E-state index in [0.717, 1.165) is 12.8 Å². The van der Waals surface area contributed by atoms with Crippen molar-refractivity contribution in [1.82, 2.24) is 9.80 Å². The molecule has 0 bridgehead atoms. The molecule has 0 saturated carbocycles. The van der Waals surface area contributed by atoms with Gasteiger partial charge in [0, 0.05) is 19.6 Å². The Bertz CT molecular complexity index is 355. The molecule has 2 amide bonds. The van der Waals surface area contributed by atoms with Crippen LogP contribution in [-0.4, -0.2) is 59.0 Å². The molecule has 0 N–H and O–H groups in total. The second-order valence-corrected chi connectivity index (χ2v) is 6.30. The maximum Gasteiger partial charge on any atom is 0.410 e. The third kappa shape index (κ3) is 4.85. The second kappa shape index (κ2) is 7.16. The van der Waals surface area contributed by atoms with Gasteiger partial charge in [-0.3, -0.25) is 4.79 Å². The Balaban J connectivity index is 2.65. The van der Waals surface area contributed by atoms with Crippen molar-refractivity contribution in [3.05, 3.63) is 0 Å². The molecule has 0 spiro atoms. The number of hydrogen-bond acceptors (Lipinski definition) is 3. The highest BCUT2D eigenvalue weighted by molar-refractivity contribution is 6.27.